The van der Waals surface area contributed by atoms with E-state index in [1.807, 2.05) is 18.2 Å². The van der Waals surface area contributed by atoms with E-state index in [1.54, 1.807) is 39.8 Å². The number of hydrogen-bond acceptors (Lipinski definition) is 6. The zero-order valence-electron chi connectivity index (χ0n) is 16.1. The van der Waals surface area contributed by atoms with Gasteiger partial charge in [-0.3, -0.25) is 14.2 Å². The van der Waals surface area contributed by atoms with Gasteiger partial charge in [0.2, 0.25) is 0 Å². The average Bonchev–Trinajstić information content (AvgIpc) is 2.99. The van der Waals surface area contributed by atoms with E-state index in [-0.39, 0.29) is 17.6 Å². The Bertz CT molecular complexity index is 1090. The van der Waals surface area contributed by atoms with Crippen molar-refractivity contribution in [2.45, 2.75) is 39.8 Å². The maximum atomic E-state index is 13.0. The zero-order chi connectivity index (χ0) is 20.4. The first kappa shape index (κ1) is 19.8. The number of thiophene rings is 1. The molecule has 0 saturated heterocycles. The number of benzene rings is 1. The number of aromatic nitrogens is 2. The van der Waals surface area contributed by atoms with Crippen molar-refractivity contribution in [3.8, 4) is 0 Å². The Morgan fingerprint density at radius 3 is 2.50 bits per heavy atom. The van der Waals surface area contributed by atoms with Gasteiger partial charge in [-0.15, -0.1) is 11.3 Å². The number of para-hydroxylation sites is 1. The fourth-order valence-electron chi connectivity index (χ4n) is 2.78. The molecule has 28 heavy (non-hydrogen) atoms. The monoisotopic (exact) mass is 399 g/mol. The van der Waals surface area contributed by atoms with E-state index in [0.717, 1.165) is 11.3 Å². The molecule has 1 amide bonds. The van der Waals surface area contributed by atoms with E-state index >= 15 is 0 Å². The van der Waals surface area contributed by atoms with Gasteiger partial charge in [-0.25, -0.2) is 9.78 Å². The van der Waals surface area contributed by atoms with Crippen LogP contribution in [0.15, 0.2) is 41.5 Å². The van der Waals surface area contributed by atoms with Crippen LogP contribution in [-0.2, 0) is 9.53 Å². The summed E-state index contributed by atoms with van der Waals surface area (Å²) in [7, 11) is 0. The quantitative estimate of drug-likeness (QED) is 0.663. The van der Waals surface area contributed by atoms with E-state index in [0.29, 0.717) is 26.3 Å². The van der Waals surface area contributed by atoms with E-state index in [4.69, 9.17) is 4.74 Å². The van der Waals surface area contributed by atoms with Gasteiger partial charge in [-0.1, -0.05) is 18.2 Å². The van der Waals surface area contributed by atoms with Crippen LogP contribution >= 0.6 is 11.3 Å². The SMILES string of the molecule is Cc1c(C(=O)Nc2ccccc2)sc2ncn(C(C)C(=O)OC(C)C)c(=O)c12. The van der Waals surface area contributed by atoms with Crippen molar-refractivity contribution in [3.05, 3.63) is 57.5 Å². The van der Waals surface area contributed by atoms with Crippen molar-refractivity contribution >= 4 is 39.1 Å². The molecule has 1 aromatic carbocycles. The van der Waals surface area contributed by atoms with Gasteiger partial charge in [-0.05, 0) is 45.4 Å². The standard InChI is InChI=1S/C20H21N3O4S/c1-11(2)27-20(26)13(4)23-10-21-18-15(19(23)25)12(3)16(28-18)17(24)22-14-8-6-5-7-9-14/h5-11,13H,1-4H3,(H,22,24). The minimum Gasteiger partial charge on any atom is -0.461 e. The molecule has 2 aromatic heterocycles. The van der Waals surface area contributed by atoms with Crippen LogP contribution in [0.5, 0.6) is 0 Å². The first-order valence-corrected chi connectivity index (χ1v) is 9.68. The molecule has 1 unspecified atom stereocenters. The Hall–Kier alpha value is -3.00. The van der Waals surface area contributed by atoms with Crippen molar-refractivity contribution in [1.29, 1.82) is 0 Å². The minimum atomic E-state index is -0.812. The summed E-state index contributed by atoms with van der Waals surface area (Å²) in [4.78, 5) is 43.0. The van der Waals surface area contributed by atoms with Crippen LogP contribution in [0.3, 0.4) is 0 Å². The summed E-state index contributed by atoms with van der Waals surface area (Å²) in [6, 6.07) is 8.27. The third kappa shape index (κ3) is 3.82. The fourth-order valence-corrected chi connectivity index (χ4v) is 3.82. The summed E-state index contributed by atoms with van der Waals surface area (Å²) >= 11 is 1.15. The van der Waals surface area contributed by atoms with Crippen LogP contribution in [0, 0.1) is 6.92 Å². The van der Waals surface area contributed by atoms with Crippen LogP contribution in [0.1, 0.15) is 42.0 Å². The Morgan fingerprint density at radius 1 is 1.18 bits per heavy atom. The normalized spacial score (nSPS) is 12.2. The second-order valence-corrected chi connectivity index (χ2v) is 7.67. The molecule has 0 fully saturated rings. The molecule has 8 heteroatoms. The molecule has 0 saturated carbocycles. The van der Waals surface area contributed by atoms with Crippen molar-refractivity contribution < 1.29 is 14.3 Å². The molecule has 0 aliphatic carbocycles. The van der Waals surface area contributed by atoms with Crippen LogP contribution in [0.25, 0.3) is 10.2 Å². The summed E-state index contributed by atoms with van der Waals surface area (Å²) in [6.07, 6.45) is 1.05. The highest BCUT2D eigenvalue weighted by molar-refractivity contribution is 7.20. The first-order valence-electron chi connectivity index (χ1n) is 8.86. The molecule has 1 atom stereocenters. The molecule has 0 aliphatic rings. The number of aryl methyl sites for hydroxylation is 1. The van der Waals surface area contributed by atoms with E-state index in [2.05, 4.69) is 10.3 Å². The summed E-state index contributed by atoms with van der Waals surface area (Å²) in [6.45, 7) is 6.79. The summed E-state index contributed by atoms with van der Waals surface area (Å²) in [5.74, 6) is -0.807. The van der Waals surface area contributed by atoms with E-state index in [1.165, 1.54) is 10.9 Å². The smallest absolute Gasteiger partial charge is 0.329 e. The summed E-state index contributed by atoms with van der Waals surface area (Å²) < 4.78 is 6.43. The fraction of sp³-hybridized carbons (Fsp3) is 0.300. The predicted octanol–water partition coefficient (Wildman–Crippen LogP) is 3.53. The highest BCUT2D eigenvalue weighted by Crippen LogP contribution is 2.28. The van der Waals surface area contributed by atoms with Crippen molar-refractivity contribution in [1.82, 2.24) is 9.55 Å². The molecule has 0 bridgehead atoms. The number of anilines is 1. The van der Waals surface area contributed by atoms with Gasteiger partial charge in [0.05, 0.1) is 22.7 Å². The van der Waals surface area contributed by atoms with Gasteiger partial charge in [-0.2, -0.15) is 0 Å². The predicted molar refractivity (Wildman–Crippen MR) is 109 cm³/mol. The molecule has 3 aromatic rings. The maximum absolute atomic E-state index is 13.0. The van der Waals surface area contributed by atoms with Gasteiger partial charge in [0, 0.05) is 5.69 Å². The van der Waals surface area contributed by atoms with Gasteiger partial charge in [0.1, 0.15) is 10.9 Å². The average molecular weight is 399 g/mol. The van der Waals surface area contributed by atoms with Crippen LogP contribution in [0.2, 0.25) is 0 Å². The number of carbonyl (C=O) groups excluding carboxylic acids is 2. The number of fused-ring (bicyclic) bond motifs is 1. The molecular weight excluding hydrogens is 378 g/mol. The Balaban J connectivity index is 1.98. The van der Waals surface area contributed by atoms with Crippen molar-refractivity contribution in [2.24, 2.45) is 0 Å². The number of ether oxygens (including phenoxy) is 1. The molecule has 1 N–H and O–H groups in total. The Kier molecular flexibility index (Phi) is 5.60. The summed E-state index contributed by atoms with van der Waals surface area (Å²) in [5, 5.41) is 3.16. The highest BCUT2D eigenvalue weighted by Gasteiger charge is 2.24. The minimum absolute atomic E-state index is 0.279. The number of amides is 1. The Morgan fingerprint density at radius 2 is 1.86 bits per heavy atom. The van der Waals surface area contributed by atoms with Crippen LogP contribution < -0.4 is 10.9 Å². The van der Waals surface area contributed by atoms with Gasteiger partial charge >= 0.3 is 5.97 Å². The third-order valence-corrected chi connectivity index (χ3v) is 5.42. The number of esters is 1. The lowest BCUT2D eigenvalue weighted by Crippen LogP contribution is -2.30. The number of nitrogens with zero attached hydrogens (tertiary/aromatic N) is 2. The first-order chi connectivity index (χ1) is 13.3. The largest absolute Gasteiger partial charge is 0.461 e. The molecule has 0 radical (unpaired) electrons. The van der Waals surface area contributed by atoms with Gasteiger partial charge < -0.3 is 10.1 Å². The topological polar surface area (TPSA) is 90.3 Å². The number of carbonyl (C=O) groups is 2. The lowest BCUT2D eigenvalue weighted by atomic mass is 10.2. The molecule has 2 heterocycles. The molecule has 0 spiro atoms. The molecule has 7 nitrogen and oxygen atoms in total. The second kappa shape index (κ2) is 7.93. The lowest BCUT2D eigenvalue weighted by Gasteiger charge is -2.15. The second-order valence-electron chi connectivity index (χ2n) is 6.68. The van der Waals surface area contributed by atoms with Crippen molar-refractivity contribution in [2.75, 3.05) is 5.32 Å². The van der Waals surface area contributed by atoms with Gasteiger partial charge in [0.25, 0.3) is 11.5 Å². The number of hydrogen-bond donors (Lipinski definition) is 1. The molecule has 0 aliphatic heterocycles. The van der Waals surface area contributed by atoms with Crippen LogP contribution in [0.4, 0.5) is 5.69 Å². The van der Waals surface area contributed by atoms with E-state index < -0.39 is 12.0 Å². The van der Waals surface area contributed by atoms with Crippen molar-refractivity contribution in [3.63, 3.8) is 0 Å². The lowest BCUT2D eigenvalue weighted by molar-refractivity contribution is -0.151. The zero-order valence-corrected chi connectivity index (χ0v) is 16.9. The third-order valence-electron chi connectivity index (χ3n) is 4.22. The number of nitrogens with one attached hydrogen (secondary N) is 1. The summed E-state index contributed by atoms with van der Waals surface area (Å²) in [5.41, 5.74) is 0.843. The highest BCUT2D eigenvalue weighted by atomic mass is 32.1. The molecule has 146 valence electrons. The maximum Gasteiger partial charge on any atom is 0.329 e. The van der Waals surface area contributed by atoms with Crippen LogP contribution in [-0.4, -0.2) is 27.5 Å². The van der Waals surface area contributed by atoms with Gasteiger partial charge in [0.15, 0.2) is 0 Å². The molecular formula is C20H21N3O4S. The number of rotatable bonds is 5. The molecule has 3 rings (SSSR count). The Labute approximate surface area is 166 Å². The van der Waals surface area contributed by atoms with E-state index in [9.17, 15) is 14.4 Å².